The molecule has 0 saturated carbocycles. The van der Waals surface area contributed by atoms with E-state index in [2.05, 4.69) is 229 Å². The molecular weight excluding hydrogens is 651 g/mol. The van der Waals surface area contributed by atoms with Crippen LogP contribution in [0.15, 0.2) is 224 Å². The van der Waals surface area contributed by atoms with E-state index in [1.807, 2.05) is 0 Å². The Morgan fingerprint density at radius 2 is 0.796 bits per heavy atom. The van der Waals surface area contributed by atoms with Gasteiger partial charge in [-0.1, -0.05) is 188 Å². The van der Waals surface area contributed by atoms with E-state index in [-0.39, 0.29) is 0 Å². The second-order valence-electron chi connectivity index (χ2n) is 14.1. The van der Waals surface area contributed by atoms with Crippen LogP contribution in [0.4, 0.5) is 17.1 Å². The highest BCUT2D eigenvalue weighted by molar-refractivity contribution is 5.98. The highest BCUT2D eigenvalue weighted by Crippen LogP contribution is 2.59. The van der Waals surface area contributed by atoms with Crippen LogP contribution in [0.2, 0.25) is 0 Å². The van der Waals surface area contributed by atoms with Gasteiger partial charge in [-0.3, -0.25) is 0 Å². The van der Waals surface area contributed by atoms with Crippen molar-refractivity contribution < 1.29 is 0 Å². The Hall–Kier alpha value is -6.96. The fraction of sp³-hybridized carbons (Fsp3) is 0.0189. The summed E-state index contributed by atoms with van der Waals surface area (Å²) < 4.78 is 0. The van der Waals surface area contributed by atoms with Crippen LogP contribution in [0.5, 0.6) is 0 Å². The van der Waals surface area contributed by atoms with Crippen LogP contribution in [0.1, 0.15) is 22.3 Å². The van der Waals surface area contributed by atoms with Gasteiger partial charge in [0.1, 0.15) is 0 Å². The van der Waals surface area contributed by atoms with E-state index in [4.69, 9.17) is 0 Å². The standard InChI is InChI=1S/C53H37N/c1-4-15-38(16-5-1)40-29-33-46(34-30-40)54(47-35-31-41(32-36-47)43-28-27-39-17-10-11-18-42(39)37-43)51-26-14-25-50-52(51)48-23-12-13-24-49(48)53(50,44-19-6-2-7-20-44)45-21-8-3-9-22-45/h1-37H. The Morgan fingerprint density at radius 1 is 0.315 bits per heavy atom. The van der Waals surface area contributed by atoms with Crippen molar-refractivity contribution in [3.63, 3.8) is 0 Å². The van der Waals surface area contributed by atoms with Crippen LogP contribution in [0.25, 0.3) is 44.2 Å². The molecule has 10 rings (SSSR count). The molecule has 0 heterocycles. The van der Waals surface area contributed by atoms with Gasteiger partial charge in [-0.2, -0.15) is 0 Å². The molecule has 0 spiro atoms. The van der Waals surface area contributed by atoms with Gasteiger partial charge >= 0.3 is 0 Å². The summed E-state index contributed by atoms with van der Waals surface area (Å²) in [6.45, 7) is 0. The smallest absolute Gasteiger partial charge is 0.0714 e. The van der Waals surface area contributed by atoms with E-state index in [0.717, 1.165) is 17.1 Å². The molecule has 254 valence electrons. The van der Waals surface area contributed by atoms with Gasteiger partial charge in [0.25, 0.3) is 0 Å². The number of benzene rings is 9. The number of rotatable bonds is 7. The number of anilines is 3. The molecule has 0 amide bonds. The first-order chi connectivity index (χ1) is 26.8. The molecule has 9 aromatic rings. The Balaban J connectivity index is 1.19. The maximum Gasteiger partial charge on any atom is 0.0714 e. The van der Waals surface area contributed by atoms with E-state index >= 15 is 0 Å². The van der Waals surface area contributed by atoms with Gasteiger partial charge in [-0.25, -0.2) is 0 Å². The molecule has 0 unspecified atom stereocenters. The maximum absolute atomic E-state index is 2.45. The summed E-state index contributed by atoms with van der Waals surface area (Å²) in [5.41, 5.74) is 15.3. The normalized spacial score (nSPS) is 12.6. The second-order valence-corrected chi connectivity index (χ2v) is 14.1. The number of fused-ring (bicyclic) bond motifs is 4. The highest BCUT2D eigenvalue weighted by Gasteiger charge is 2.47. The van der Waals surface area contributed by atoms with E-state index < -0.39 is 5.41 Å². The fourth-order valence-electron chi connectivity index (χ4n) is 8.69. The molecule has 1 heteroatoms. The zero-order valence-corrected chi connectivity index (χ0v) is 29.8. The molecule has 1 aliphatic carbocycles. The Morgan fingerprint density at radius 3 is 1.44 bits per heavy atom. The minimum atomic E-state index is -0.479. The molecule has 9 aromatic carbocycles. The molecule has 0 aliphatic heterocycles. The summed E-state index contributed by atoms with van der Waals surface area (Å²) in [6.07, 6.45) is 0. The largest absolute Gasteiger partial charge is 0.310 e. The predicted molar refractivity (Wildman–Crippen MR) is 227 cm³/mol. The monoisotopic (exact) mass is 687 g/mol. The van der Waals surface area contributed by atoms with Crippen LogP contribution in [-0.2, 0) is 5.41 Å². The van der Waals surface area contributed by atoms with E-state index in [1.165, 1.54) is 66.4 Å². The summed E-state index contributed by atoms with van der Waals surface area (Å²) >= 11 is 0. The average molecular weight is 688 g/mol. The van der Waals surface area contributed by atoms with Crippen LogP contribution in [0.3, 0.4) is 0 Å². The topological polar surface area (TPSA) is 3.24 Å². The Kier molecular flexibility index (Phi) is 7.78. The lowest BCUT2D eigenvalue weighted by Crippen LogP contribution is -2.28. The van der Waals surface area contributed by atoms with Crippen molar-refractivity contribution in [3.05, 3.63) is 247 Å². The number of nitrogens with zero attached hydrogens (tertiary/aromatic N) is 1. The number of hydrogen-bond donors (Lipinski definition) is 0. The van der Waals surface area contributed by atoms with Crippen molar-refractivity contribution in [2.75, 3.05) is 4.90 Å². The fourth-order valence-corrected chi connectivity index (χ4v) is 8.69. The van der Waals surface area contributed by atoms with Crippen molar-refractivity contribution in [2.24, 2.45) is 0 Å². The van der Waals surface area contributed by atoms with E-state index in [0.29, 0.717) is 0 Å². The molecule has 0 bridgehead atoms. The minimum Gasteiger partial charge on any atom is -0.310 e. The van der Waals surface area contributed by atoms with Gasteiger partial charge in [0, 0.05) is 16.9 Å². The summed E-state index contributed by atoms with van der Waals surface area (Å²) in [6, 6.07) is 82.0. The maximum atomic E-state index is 2.45. The first kappa shape index (κ1) is 31.7. The van der Waals surface area contributed by atoms with E-state index in [1.54, 1.807) is 0 Å². The third kappa shape index (κ3) is 5.17. The van der Waals surface area contributed by atoms with Gasteiger partial charge in [0.05, 0.1) is 11.1 Å². The molecule has 1 nitrogen and oxygen atoms in total. The first-order valence-corrected chi connectivity index (χ1v) is 18.7. The summed E-state index contributed by atoms with van der Waals surface area (Å²) in [5, 5.41) is 2.50. The van der Waals surface area contributed by atoms with Gasteiger partial charge in [0.2, 0.25) is 0 Å². The molecule has 54 heavy (non-hydrogen) atoms. The third-order valence-corrected chi connectivity index (χ3v) is 11.1. The zero-order valence-electron chi connectivity index (χ0n) is 29.8. The van der Waals surface area contributed by atoms with Gasteiger partial charge < -0.3 is 4.90 Å². The van der Waals surface area contributed by atoms with Crippen LogP contribution in [-0.4, -0.2) is 0 Å². The molecule has 1 aliphatic rings. The van der Waals surface area contributed by atoms with Crippen LogP contribution >= 0.6 is 0 Å². The van der Waals surface area contributed by atoms with Gasteiger partial charge in [-0.05, 0) is 97.2 Å². The van der Waals surface area contributed by atoms with Crippen molar-refractivity contribution in [2.45, 2.75) is 5.41 Å². The average Bonchev–Trinajstić information content (AvgIpc) is 3.57. The first-order valence-electron chi connectivity index (χ1n) is 18.7. The zero-order chi connectivity index (χ0) is 35.9. The second kappa shape index (κ2) is 13.2. The molecule has 0 N–H and O–H groups in total. The molecule has 0 fully saturated rings. The van der Waals surface area contributed by atoms with Crippen molar-refractivity contribution >= 4 is 27.8 Å². The SMILES string of the molecule is c1ccc(-c2ccc(N(c3ccc(-c4ccc5ccccc5c4)cc3)c3cccc4c3-c3ccccc3C4(c3ccccc3)c3ccccc3)cc2)cc1. The molecule has 0 aromatic heterocycles. The van der Waals surface area contributed by atoms with Crippen LogP contribution in [0, 0.1) is 0 Å². The molecule has 0 atom stereocenters. The number of hydrogen-bond acceptors (Lipinski definition) is 1. The Bertz CT molecular complexity index is 2690. The molecule has 0 saturated heterocycles. The van der Waals surface area contributed by atoms with Crippen molar-refractivity contribution in [3.8, 4) is 33.4 Å². The lowest BCUT2D eigenvalue weighted by Gasteiger charge is -2.34. The van der Waals surface area contributed by atoms with E-state index in [9.17, 15) is 0 Å². The summed E-state index contributed by atoms with van der Waals surface area (Å²) in [7, 11) is 0. The minimum absolute atomic E-state index is 0.479. The predicted octanol–water partition coefficient (Wildman–Crippen LogP) is 14.0. The lowest BCUT2D eigenvalue weighted by molar-refractivity contribution is 0.768. The van der Waals surface area contributed by atoms with Crippen molar-refractivity contribution in [1.29, 1.82) is 0 Å². The lowest BCUT2D eigenvalue weighted by atomic mass is 9.68. The summed E-state index contributed by atoms with van der Waals surface area (Å²) in [4.78, 5) is 2.45. The quantitative estimate of drug-likeness (QED) is 0.161. The third-order valence-electron chi connectivity index (χ3n) is 11.1. The molecular formula is C53H37N. The highest BCUT2D eigenvalue weighted by atomic mass is 15.1. The van der Waals surface area contributed by atoms with Gasteiger partial charge in [0.15, 0.2) is 0 Å². The summed E-state index contributed by atoms with van der Waals surface area (Å²) in [5.74, 6) is 0. The van der Waals surface area contributed by atoms with Gasteiger partial charge in [-0.15, -0.1) is 0 Å². The molecule has 0 radical (unpaired) electrons. The van der Waals surface area contributed by atoms with Crippen molar-refractivity contribution in [1.82, 2.24) is 0 Å². The van der Waals surface area contributed by atoms with Crippen LogP contribution < -0.4 is 4.90 Å². The Labute approximate surface area is 317 Å².